The summed E-state index contributed by atoms with van der Waals surface area (Å²) in [4.78, 5) is 15.8. The second-order valence-corrected chi connectivity index (χ2v) is 6.37. The van der Waals surface area contributed by atoms with Gasteiger partial charge in [-0.2, -0.15) is 0 Å². The third-order valence-electron chi connectivity index (χ3n) is 4.37. The maximum absolute atomic E-state index is 11.0. The van der Waals surface area contributed by atoms with Crippen LogP contribution in [0.5, 0.6) is 0 Å². The molecule has 4 heteroatoms. The SMILES string of the molecule is CCc1nc2cc(C(C)C=O)ccc2n1-c1ccc(CCCl)cc1. The number of alkyl halides is 1. The van der Waals surface area contributed by atoms with Gasteiger partial charge in [-0.05, 0) is 41.8 Å². The summed E-state index contributed by atoms with van der Waals surface area (Å²) in [5.74, 6) is 1.54. The normalized spacial score (nSPS) is 12.5. The first kappa shape index (κ1) is 16.7. The first-order chi connectivity index (χ1) is 11.7. The van der Waals surface area contributed by atoms with Gasteiger partial charge in [0.1, 0.15) is 12.1 Å². The van der Waals surface area contributed by atoms with Crippen molar-refractivity contribution in [1.82, 2.24) is 9.55 Å². The average Bonchev–Trinajstić information content (AvgIpc) is 2.99. The van der Waals surface area contributed by atoms with Gasteiger partial charge in [-0.15, -0.1) is 11.6 Å². The summed E-state index contributed by atoms with van der Waals surface area (Å²) >= 11 is 5.81. The predicted octanol–water partition coefficient (Wildman–Crippen LogP) is 4.67. The summed E-state index contributed by atoms with van der Waals surface area (Å²) in [6.07, 6.45) is 2.69. The molecule has 0 saturated carbocycles. The predicted molar refractivity (Wildman–Crippen MR) is 99.4 cm³/mol. The Morgan fingerprint density at radius 2 is 1.96 bits per heavy atom. The third-order valence-corrected chi connectivity index (χ3v) is 4.56. The van der Waals surface area contributed by atoms with Crippen LogP contribution in [0.3, 0.4) is 0 Å². The fourth-order valence-corrected chi connectivity index (χ4v) is 3.17. The van der Waals surface area contributed by atoms with Crippen molar-refractivity contribution in [3.63, 3.8) is 0 Å². The molecule has 0 spiro atoms. The quantitative estimate of drug-likeness (QED) is 0.482. The molecule has 3 nitrogen and oxygen atoms in total. The smallest absolute Gasteiger partial charge is 0.127 e. The number of halogens is 1. The van der Waals surface area contributed by atoms with E-state index in [2.05, 4.69) is 41.8 Å². The number of benzene rings is 2. The average molecular weight is 341 g/mol. The second kappa shape index (κ2) is 7.18. The lowest BCUT2D eigenvalue weighted by atomic mass is 10.0. The van der Waals surface area contributed by atoms with Gasteiger partial charge in [0.25, 0.3) is 0 Å². The number of aromatic nitrogens is 2. The van der Waals surface area contributed by atoms with E-state index in [0.29, 0.717) is 5.88 Å². The minimum Gasteiger partial charge on any atom is -0.303 e. The first-order valence-corrected chi connectivity index (χ1v) is 8.83. The largest absolute Gasteiger partial charge is 0.303 e. The van der Waals surface area contributed by atoms with Gasteiger partial charge in [-0.1, -0.05) is 32.0 Å². The van der Waals surface area contributed by atoms with Crippen LogP contribution in [0.25, 0.3) is 16.7 Å². The number of imidazole rings is 1. The van der Waals surface area contributed by atoms with Crippen molar-refractivity contribution in [2.24, 2.45) is 0 Å². The Labute approximate surface area is 147 Å². The van der Waals surface area contributed by atoms with Crippen LogP contribution < -0.4 is 0 Å². The van der Waals surface area contributed by atoms with Gasteiger partial charge >= 0.3 is 0 Å². The highest BCUT2D eigenvalue weighted by atomic mass is 35.5. The van der Waals surface area contributed by atoms with Crippen LogP contribution in [0, 0.1) is 0 Å². The number of carbonyl (C=O) groups excluding carboxylic acids is 1. The standard InChI is InChI=1S/C20H21ClN2O/c1-3-20-22-18-12-16(14(2)13-24)6-9-19(18)23(20)17-7-4-15(5-8-17)10-11-21/h4-9,12-14H,3,10-11H2,1-2H3. The number of nitrogens with zero attached hydrogens (tertiary/aromatic N) is 2. The molecule has 24 heavy (non-hydrogen) atoms. The summed E-state index contributed by atoms with van der Waals surface area (Å²) in [6.45, 7) is 4.01. The fourth-order valence-electron chi connectivity index (χ4n) is 2.96. The fraction of sp³-hybridized carbons (Fsp3) is 0.300. The van der Waals surface area contributed by atoms with Gasteiger partial charge in [-0.25, -0.2) is 4.98 Å². The summed E-state index contributed by atoms with van der Waals surface area (Å²) in [5.41, 5.74) is 5.34. The molecule has 0 fully saturated rings. The number of fused-ring (bicyclic) bond motifs is 1. The van der Waals surface area contributed by atoms with Crippen molar-refractivity contribution >= 4 is 28.9 Å². The molecule has 3 rings (SSSR count). The molecule has 0 aliphatic heterocycles. The van der Waals surface area contributed by atoms with Gasteiger partial charge < -0.3 is 4.79 Å². The van der Waals surface area contributed by atoms with Crippen molar-refractivity contribution < 1.29 is 4.79 Å². The van der Waals surface area contributed by atoms with Crippen LogP contribution in [0.1, 0.15) is 36.7 Å². The zero-order chi connectivity index (χ0) is 17.1. The van der Waals surface area contributed by atoms with E-state index in [1.54, 1.807) is 0 Å². The second-order valence-electron chi connectivity index (χ2n) is 6.00. The molecule has 2 aromatic carbocycles. The Bertz CT molecular complexity index is 852. The van der Waals surface area contributed by atoms with E-state index in [0.717, 1.165) is 47.2 Å². The molecule has 1 heterocycles. The van der Waals surface area contributed by atoms with Crippen molar-refractivity contribution in [2.75, 3.05) is 5.88 Å². The monoisotopic (exact) mass is 340 g/mol. The van der Waals surface area contributed by atoms with E-state index in [1.807, 2.05) is 19.1 Å². The Kier molecular flexibility index (Phi) is 5.00. The van der Waals surface area contributed by atoms with Crippen LogP contribution >= 0.6 is 11.6 Å². The molecule has 0 saturated heterocycles. The molecule has 124 valence electrons. The molecule has 1 atom stereocenters. The highest BCUT2D eigenvalue weighted by Gasteiger charge is 2.13. The van der Waals surface area contributed by atoms with E-state index < -0.39 is 0 Å². The lowest BCUT2D eigenvalue weighted by Gasteiger charge is -2.10. The number of aryl methyl sites for hydroxylation is 2. The summed E-state index contributed by atoms with van der Waals surface area (Å²) < 4.78 is 2.19. The zero-order valence-corrected chi connectivity index (χ0v) is 14.8. The van der Waals surface area contributed by atoms with Crippen molar-refractivity contribution in [2.45, 2.75) is 32.6 Å². The minimum atomic E-state index is -0.112. The zero-order valence-electron chi connectivity index (χ0n) is 14.0. The minimum absolute atomic E-state index is 0.112. The number of carbonyl (C=O) groups is 1. The Morgan fingerprint density at radius 1 is 1.21 bits per heavy atom. The number of rotatable bonds is 6. The molecule has 0 bridgehead atoms. The third kappa shape index (κ3) is 3.09. The molecule has 0 aliphatic carbocycles. The van der Waals surface area contributed by atoms with Crippen molar-refractivity contribution in [3.05, 3.63) is 59.4 Å². The highest BCUT2D eigenvalue weighted by molar-refractivity contribution is 6.17. The van der Waals surface area contributed by atoms with E-state index in [1.165, 1.54) is 5.56 Å². The molecule has 3 aromatic rings. The maximum atomic E-state index is 11.0. The maximum Gasteiger partial charge on any atom is 0.127 e. The molecule has 0 radical (unpaired) electrons. The highest BCUT2D eigenvalue weighted by Crippen LogP contribution is 2.25. The Balaban J connectivity index is 2.10. The van der Waals surface area contributed by atoms with Gasteiger partial charge in [0.15, 0.2) is 0 Å². The molecular formula is C20H21ClN2O. The van der Waals surface area contributed by atoms with Gasteiger partial charge in [0, 0.05) is 23.9 Å². The number of aldehydes is 1. The van der Waals surface area contributed by atoms with Crippen LogP contribution in [0.15, 0.2) is 42.5 Å². The van der Waals surface area contributed by atoms with E-state index in [9.17, 15) is 4.79 Å². The van der Waals surface area contributed by atoms with Crippen molar-refractivity contribution in [3.8, 4) is 5.69 Å². The van der Waals surface area contributed by atoms with Crippen LogP contribution in [0.4, 0.5) is 0 Å². The number of hydrogen-bond acceptors (Lipinski definition) is 2. The Morgan fingerprint density at radius 3 is 2.58 bits per heavy atom. The van der Waals surface area contributed by atoms with Gasteiger partial charge in [0.05, 0.1) is 11.0 Å². The molecule has 0 aliphatic rings. The van der Waals surface area contributed by atoms with Crippen LogP contribution in [-0.2, 0) is 17.6 Å². The van der Waals surface area contributed by atoms with Crippen molar-refractivity contribution in [1.29, 1.82) is 0 Å². The summed E-state index contributed by atoms with van der Waals surface area (Å²) in [7, 11) is 0. The Hall–Kier alpha value is -2.13. The van der Waals surface area contributed by atoms with E-state index in [4.69, 9.17) is 16.6 Å². The molecule has 1 aromatic heterocycles. The number of hydrogen-bond donors (Lipinski definition) is 0. The molecule has 0 amide bonds. The van der Waals surface area contributed by atoms with Crippen LogP contribution in [-0.4, -0.2) is 21.7 Å². The molecule has 0 N–H and O–H groups in total. The lowest BCUT2D eigenvalue weighted by Crippen LogP contribution is -2.00. The summed E-state index contributed by atoms with van der Waals surface area (Å²) in [5, 5.41) is 0. The van der Waals surface area contributed by atoms with Gasteiger partial charge in [-0.3, -0.25) is 4.57 Å². The topological polar surface area (TPSA) is 34.9 Å². The first-order valence-electron chi connectivity index (χ1n) is 8.29. The van der Waals surface area contributed by atoms with Crippen LogP contribution in [0.2, 0.25) is 0 Å². The molecular weight excluding hydrogens is 320 g/mol. The van der Waals surface area contributed by atoms with E-state index >= 15 is 0 Å². The van der Waals surface area contributed by atoms with E-state index in [-0.39, 0.29) is 5.92 Å². The lowest BCUT2D eigenvalue weighted by molar-refractivity contribution is -0.108. The van der Waals surface area contributed by atoms with Gasteiger partial charge in [0.2, 0.25) is 0 Å². The summed E-state index contributed by atoms with van der Waals surface area (Å²) in [6, 6.07) is 14.6. The molecule has 1 unspecified atom stereocenters.